The average molecular weight is 391 g/mol. The van der Waals surface area contributed by atoms with E-state index in [9.17, 15) is 4.89 Å². The van der Waals surface area contributed by atoms with Crippen LogP contribution in [0.5, 0.6) is 0 Å². The van der Waals surface area contributed by atoms with Crippen molar-refractivity contribution < 1.29 is 28.9 Å². The zero-order valence-corrected chi connectivity index (χ0v) is 19.1. The van der Waals surface area contributed by atoms with Crippen LogP contribution in [-0.4, -0.2) is 12.4 Å². The third-order valence-electron chi connectivity index (χ3n) is 3.14. The van der Waals surface area contributed by atoms with Crippen molar-refractivity contribution in [2.75, 3.05) is 12.4 Å². The van der Waals surface area contributed by atoms with Crippen LogP contribution in [0.15, 0.2) is 0 Å². The third kappa shape index (κ3) is 14.5. The van der Waals surface area contributed by atoms with Gasteiger partial charge in [0.05, 0.1) is 6.61 Å². The van der Waals surface area contributed by atoms with Crippen LogP contribution in [0.2, 0.25) is 0 Å². The van der Waals surface area contributed by atoms with Crippen LogP contribution in [0.3, 0.4) is 0 Å². The first-order valence-electron chi connectivity index (χ1n) is 7.51. The molecule has 0 radical (unpaired) electrons. The number of rotatable bonds is 12. The van der Waals surface area contributed by atoms with Gasteiger partial charge in [-0.1, -0.05) is 65.2 Å². The van der Waals surface area contributed by atoms with E-state index in [-0.39, 0.29) is 19.5 Å². The third-order valence-corrected chi connectivity index (χ3v) is 7.61. The Morgan fingerprint density at radius 2 is 1.60 bits per heavy atom. The minimum atomic E-state index is -2.86. The molecule has 0 N–H and O–H groups in total. The van der Waals surface area contributed by atoms with E-state index in [1.807, 2.05) is 0 Å². The fourth-order valence-corrected chi connectivity index (χ4v) is 5.31. The van der Waals surface area contributed by atoms with Gasteiger partial charge >= 0.3 is 0 Å². The smallest absolute Gasteiger partial charge is 0.0539 e. The molecule has 0 aromatic carbocycles. The molecule has 0 aliphatic heterocycles. The minimum absolute atomic E-state index is 0. The topological polar surface area (TPSA) is 32.3 Å². The standard InChI is InChI=1S/C14H31O2PS2.Zn/c1-5-7-9-13(3)11-16-17(15,18)19-12-14(4)10-8-6-2;/h13-14H,5-12H2,1-4H3,(H,15,18);/p-1. The van der Waals surface area contributed by atoms with Crippen LogP contribution in [0, 0.1) is 11.8 Å². The fraction of sp³-hybridized carbons (Fsp3) is 1.00. The molecule has 0 heterocycles. The van der Waals surface area contributed by atoms with Crippen LogP contribution >= 0.6 is 17.1 Å². The van der Waals surface area contributed by atoms with Crippen molar-refractivity contribution in [2.24, 2.45) is 11.8 Å². The van der Waals surface area contributed by atoms with E-state index in [1.165, 1.54) is 43.5 Å². The zero-order chi connectivity index (χ0) is 14.7. The predicted molar refractivity (Wildman–Crippen MR) is 90.1 cm³/mol. The number of hydrogen-bond acceptors (Lipinski definition) is 4. The first-order valence-corrected chi connectivity index (χ1v) is 11.7. The number of unbranched alkanes of at least 4 members (excludes halogenated alkanes) is 2. The Morgan fingerprint density at radius 3 is 2.10 bits per heavy atom. The minimum Gasteiger partial charge on any atom is -0.793 e. The Labute approximate surface area is 147 Å². The van der Waals surface area contributed by atoms with E-state index in [1.54, 1.807) is 0 Å². The van der Waals surface area contributed by atoms with Gasteiger partial charge in [0.1, 0.15) is 0 Å². The summed E-state index contributed by atoms with van der Waals surface area (Å²) in [5.74, 6) is 1.88. The van der Waals surface area contributed by atoms with Gasteiger partial charge in [0.2, 0.25) is 0 Å². The molecule has 0 amide bonds. The maximum Gasteiger partial charge on any atom is 0.0539 e. The molecule has 3 unspecified atom stereocenters. The Morgan fingerprint density at radius 1 is 1.10 bits per heavy atom. The molecule has 20 heavy (non-hydrogen) atoms. The summed E-state index contributed by atoms with van der Waals surface area (Å²) in [6.45, 7) is 9.25. The molecule has 0 aliphatic carbocycles. The summed E-state index contributed by atoms with van der Waals surface area (Å²) in [4.78, 5) is 12.1. The molecule has 0 fully saturated rings. The Balaban J connectivity index is 0. The van der Waals surface area contributed by atoms with Gasteiger partial charge in [0.25, 0.3) is 0 Å². The summed E-state index contributed by atoms with van der Waals surface area (Å²) in [7, 11) is 0. The van der Waals surface area contributed by atoms with Crippen molar-refractivity contribution in [3.8, 4) is 0 Å². The molecular formula is C14H30O2PS2Zn-. The van der Waals surface area contributed by atoms with Gasteiger partial charge in [-0.05, 0) is 24.7 Å². The summed E-state index contributed by atoms with van der Waals surface area (Å²) in [6.07, 6.45) is 7.16. The van der Waals surface area contributed by atoms with Crippen LogP contribution < -0.4 is 4.89 Å². The Bertz CT molecular complexity index is 246. The van der Waals surface area contributed by atoms with Crippen molar-refractivity contribution in [3.05, 3.63) is 0 Å². The van der Waals surface area contributed by atoms with E-state index in [0.29, 0.717) is 18.4 Å². The molecule has 0 aromatic rings. The van der Waals surface area contributed by atoms with Gasteiger partial charge < -0.3 is 9.42 Å². The van der Waals surface area contributed by atoms with Crippen molar-refractivity contribution in [1.29, 1.82) is 0 Å². The van der Waals surface area contributed by atoms with Crippen LogP contribution in [0.1, 0.15) is 66.2 Å². The van der Waals surface area contributed by atoms with Gasteiger partial charge in [-0.15, -0.1) is 11.4 Å². The molecular weight excluding hydrogens is 361 g/mol. The molecule has 0 rings (SSSR count). The van der Waals surface area contributed by atoms with Gasteiger partial charge in [-0.2, -0.15) is 0 Å². The Hall–Kier alpha value is 1.54. The molecule has 0 saturated heterocycles. The van der Waals surface area contributed by atoms with Gasteiger partial charge in [-0.25, -0.2) is 0 Å². The van der Waals surface area contributed by atoms with Gasteiger partial charge in [-0.3, -0.25) is 0 Å². The summed E-state index contributed by atoms with van der Waals surface area (Å²) in [6, 6.07) is 0. The molecule has 118 valence electrons. The molecule has 0 spiro atoms. The van der Waals surface area contributed by atoms with E-state index >= 15 is 0 Å². The summed E-state index contributed by atoms with van der Waals surface area (Å²) < 4.78 is 5.48. The molecule has 2 nitrogen and oxygen atoms in total. The van der Waals surface area contributed by atoms with E-state index < -0.39 is 5.69 Å². The molecule has 0 bridgehead atoms. The van der Waals surface area contributed by atoms with Gasteiger partial charge in [0.15, 0.2) is 0 Å². The summed E-state index contributed by atoms with van der Waals surface area (Å²) >= 11 is 6.45. The summed E-state index contributed by atoms with van der Waals surface area (Å²) in [5.41, 5.74) is -2.86. The molecule has 0 aliphatic rings. The van der Waals surface area contributed by atoms with Crippen LogP contribution in [0.4, 0.5) is 0 Å². The van der Waals surface area contributed by atoms with Crippen molar-refractivity contribution in [1.82, 2.24) is 0 Å². The zero-order valence-electron chi connectivity index (χ0n) is 13.6. The van der Waals surface area contributed by atoms with Crippen LogP contribution in [0.25, 0.3) is 0 Å². The first kappa shape index (κ1) is 23.8. The normalized spacial score (nSPS) is 17.1. The number of hydrogen-bond donors (Lipinski definition) is 0. The Kier molecular flexibility index (Phi) is 16.8. The maximum absolute atomic E-state index is 12.1. The van der Waals surface area contributed by atoms with E-state index in [0.717, 1.165) is 12.2 Å². The largest absolute Gasteiger partial charge is 0.793 e. The molecule has 3 atom stereocenters. The maximum atomic E-state index is 12.1. The first-order chi connectivity index (χ1) is 8.91. The van der Waals surface area contributed by atoms with E-state index in [4.69, 9.17) is 16.3 Å². The SMILES string of the molecule is CCCCC(C)COP([O-])(=S)SCC(C)CCCC.[Zn]. The van der Waals surface area contributed by atoms with Crippen molar-refractivity contribution >= 4 is 28.9 Å². The van der Waals surface area contributed by atoms with Crippen molar-refractivity contribution in [3.63, 3.8) is 0 Å². The molecule has 6 heteroatoms. The second kappa shape index (κ2) is 14.2. The van der Waals surface area contributed by atoms with Crippen LogP contribution in [-0.2, 0) is 35.8 Å². The summed E-state index contributed by atoms with van der Waals surface area (Å²) in [5, 5.41) is 0. The molecule has 0 saturated carbocycles. The van der Waals surface area contributed by atoms with Gasteiger partial charge in [0, 0.05) is 30.9 Å². The monoisotopic (exact) mass is 389 g/mol. The predicted octanol–water partition coefficient (Wildman–Crippen LogP) is 4.97. The molecule has 0 aromatic heterocycles. The fourth-order valence-electron chi connectivity index (χ4n) is 1.75. The average Bonchev–Trinajstić information content (AvgIpc) is 2.38. The second-order valence-electron chi connectivity index (χ2n) is 5.53. The van der Waals surface area contributed by atoms with E-state index in [2.05, 4.69) is 27.7 Å². The van der Waals surface area contributed by atoms with Crippen molar-refractivity contribution in [2.45, 2.75) is 66.2 Å². The second-order valence-corrected chi connectivity index (χ2v) is 11.6. The quantitative estimate of drug-likeness (QED) is 0.348.